The molecule has 2 heterocycles. The van der Waals surface area contributed by atoms with Crippen LogP contribution >= 0.6 is 11.8 Å². The Labute approximate surface area is 57.6 Å². The first-order valence-electron chi connectivity index (χ1n) is 2.80. The molecule has 2 rings (SSSR count). The van der Waals surface area contributed by atoms with Gasteiger partial charge in [0.05, 0.1) is 24.1 Å². The Hall–Kier alpha value is -0.640. The molecule has 2 aliphatic rings. The van der Waals surface area contributed by atoms with Crippen LogP contribution in [0.4, 0.5) is 0 Å². The fourth-order valence-corrected chi connectivity index (χ4v) is 1.77. The van der Waals surface area contributed by atoms with Gasteiger partial charge < -0.3 is 10.6 Å². The van der Waals surface area contributed by atoms with Crippen LogP contribution in [-0.4, -0.2) is 17.6 Å². The standard InChI is InChI=1S/C5H7N3S/c1-4-5(7-2-6-1)9-3-8-4/h1-2,5,8H,3H2,(H,6,7). The number of fused-ring (bicyclic) bond motifs is 1. The van der Waals surface area contributed by atoms with E-state index >= 15 is 0 Å². The summed E-state index contributed by atoms with van der Waals surface area (Å²) in [5.74, 6) is 0.993. The number of hydrogen-bond donors (Lipinski definition) is 2. The molecule has 9 heavy (non-hydrogen) atoms. The highest BCUT2D eigenvalue weighted by Gasteiger charge is 2.20. The zero-order valence-corrected chi connectivity index (χ0v) is 5.61. The highest BCUT2D eigenvalue weighted by Crippen LogP contribution is 2.21. The third kappa shape index (κ3) is 0.790. The number of nitrogens with zero attached hydrogens (tertiary/aromatic N) is 1. The quantitative estimate of drug-likeness (QED) is 0.501. The van der Waals surface area contributed by atoms with Crippen LogP contribution in [0.25, 0.3) is 0 Å². The first kappa shape index (κ1) is 5.17. The number of aliphatic imine (C=N–C) groups is 1. The van der Waals surface area contributed by atoms with Crippen molar-refractivity contribution in [2.45, 2.75) is 5.37 Å². The van der Waals surface area contributed by atoms with Gasteiger partial charge in [-0.25, -0.2) is 4.99 Å². The molecule has 0 radical (unpaired) electrons. The van der Waals surface area contributed by atoms with Crippen molar-refractivity contribution < 1.29 is 0 Å². The Bertz CT molecular complexity index is 175. The topological polar surface area (TPSA) is 36.4 Å². The maximum atomic E-state index is 3.95. The van der Waals surface area contributed by atoms with Crippen molar-refractivity contribution in [3.05, 3.63) is 11.9 Å². The lowest BCUT2D eigenvalue weighted by atomic mass is 10.4. The zero-order chi connectivity index (χ0) is 6.10. The van der Waals surface area contributed by atoms with Gasteiger partial charge in [0, 0.05) is 0 Å². The van der Waals surface area contributed by atoms with Gasteiger partial charge in [0.25, 0.3) is 0 Å². The molecule has 4 heteroatoms. The normalized spacial score (nSPS) is 30.2. The second-order valence-corrected chi connectivity index (χ2v) is 2.99. The molecular formula is C5H7N3S. The molecule has 1 unspecified atom stereocenters. The summed E-state index contributed by atoms with van der Waals surface area (Å²) in [6.07, 6.45) is 3.59. The van der Waals surface area contributed by atoms with E-state index in [9.17, 15) is 0 Å². The Morgan fingerprint density at radius 2 is 2.78 bits per heavy atom. The Morgan fingerprint density at radius 1 is 1.78 bits per heavy atom. The van der Waals surface area contributed by atoms with Gasteiger partial charge in [-0.05, 0) is 0 Å². The lowest BCUT2D eigenvalue weighted by molar-refractivity contribution is 0.843. The molecule has 1 atom stereocenters. The van der Waals surface area contributed by atoms with Crippen LogP contribution < -0.4 is 10.6 Å². The third-order valence-electron chi connectivity index (χ3n) is 1.32. The lowest BCUT2D eigenvalue weighted by Crippen LogP contribution is -2.28. The highest BCUT2D eigenvalue weighted by atomic mass is 32.2. The fraction of sp³-hybridized carbons (Fsp3) is 0.400. The van der Waals surface area contributed by atoms with Crippen LogP contribution in [-0.2, 0) is 0 Å². The molecule has 1 saturated heterocycles. The van der Waals surface area contributed by atoms with E-state index < -0.39 is 0 Å². The minimum absolute atomic E-state index is 0.433. The van der Waals surface area contributed by atoms with Crippen LogP contribution in [0.5, 0.6) is 0 Å². The van der Waals surface area contributed by atoms with E-state index in [0.717, 1.165) is 5.88 Å². The van der Waals surface area contributed by atoms with Gasteiger partial charge in [-0.2, -0.15) is 0 Å². The van der Waals surface area contributed by atoms with E-state index in [1.54, 1.807) is 6.34 Å². The van der Waals surface area contributed by atoms with Gasteiger partial charge in [-0.15, -0.1) is 11.8 Å². The van der Waals surface area contributed by atoms with E-state index in [1.165, 1.54) is 5.70 Å². The molecule has 0 aromatic rings. The molecule has 48 valence electrons. The van der Waals surface area contributed by atoms with Crippen LogP contribution in [0.1, 0.15) is 0 Å². The molecule has 0 spiro atoms. The van der Waals surface area contributed by atoms with Gasteiger partial charge in [0.1, 0.15) is 5.37 Å². The minimum atomic E-state index is 0.433. The summed E-state index contributed by atoms with van der Waals surface area (Å²) in [4.78, 5) is 3.95. The molecule has 3 nitrogen and oxygen atoms in total. The maximum absolute atomic E-state index is 3.95. The Kier molecular flexibility index (Phi) is 1.12. The SMILES string of the molecule is C1=NC=C2NCSC2N1. The summed E-state index contributed by atoms with van der Waals surface area (Å²) in [5.41, 5.74) is 1.20. The van der Waals surface area contributed by atoms with Crippen molar-refractivity contribution in [3.8, 4) is 0 Å². The molecule has 2 aliphatic heterocycles. The Morgan fingerprint density at radius 3 is 3.67 bits per heavy atom. The van der Waals surface area contributed by atoms with Crippen LogP contribution in [0.15, 0.2) is 16.9 Å². The number of rotatable bonds is 0. The second-order valence-electron chi connectivity index (χ2n) is 1.90. The highest BCUT2D eigenvalue weighted by molar-refractivity contribution is 8.00. The van der Waals surface area contributed by atoms with Gasteiger partial charge in [0.15, 0.2) is 0 Å². The van der Waals surface area contributed by atoms with Crippen LogP contribution in [0, 0.1) is 0 Å². The smallest absolute Gasteiger partial charge is 0.117 e. The molecule has 0 saturated carbocycles. The predicted molar refractivity (Wildman–Crippen MR) is 39.1 cm³/mol. The summed E-state index contributed by atoms with van der Waals surface area (Å²) in [6.45, 7) is 0. The van der Waals surface area contributed by atoms with Crippen LogP contribution in [0.3, 0.4) is 0 Å². The number of nitrogens with one attached hydrogen (secondary N) is 2. The molecule has 0 amide bonds. The summed E-state index contributed by atoms with van der Waals surface area (Å²) in [6, 6.07) is 0. The van der Waals surface area contributed by atoms with Crippen LogP contribution in [0.2, 0.25) is 0 Å². The van der Waals surface area contributed by atoms with Gasteiger partial charge >= 0.3 is 0 Å². The minimum Gasteiger partial charge on any atom is -0.376 e. The lowest BCUT2D eigenvalue weighted by Gasteiger charge is -2.11. The molecule has 0 aliphatic carbocycles. The van der Waals surface area contributed by atoms with E-state index in [1.807, 2.05) is 18.0 Å². The van der Waals surface area contributed by atoms with Gasteiger partial charge in [0.2, 0.25) is 0 Å². The van der Waals surface area contributed by atoms with Crippen molar-refractivity contribution in [2.75, 3.05) is 5.88 Å². The number of hydrogen-bond acceptors (Lipinski definition) is 4. The van der Waals surface area contributed by atoms with Gasteiger partial charge in [-0.3, -0.25) is 0 Å². The molecular weight excluding hydrogens is 134 g/mol. The van der Waals surface area contributed by atoms with E-state index in [0.29, 0.717) is 5.37 Å². The average Bonchev–Trinajstić information content (AvgIpc) is 2.33. The summed E-state index contributed by atoms with van der Waals surface area (Å²) in [5, 5.41) is 6.76. The van der Waals surface area contributed by atoms with Crippen molar-refractivity contribution in [3.63, 3.8) is 0 Å². The Balaban J connectivity index is 2.23. The third-order valence-corrected chi connectivity index (χ3v) is 2.36. The summed E-state index contributed by atoms with van der Waals surface area (Å²) >= 11 is 1.84. The summed E-state index contributed by atoms with van der Waals surface area (Å²) in [7, 11) is 0. The largest absolute Gasteiger partial charge is 0.376 e. The van der Waals surface area contributed by atoms with E-state index in [2.05, 4.69) is 15.6 Å². The molecule has 0 aromatic carbocycles. The van der Waals surface area contributed by atoms with E-state index in [-0.39, 0.29) is 0 Å². The predicted octanol–water partition coefficient (Wildman–Crippen LogP) is 0.0793. The number of thioether (sulfide) groups is 1. The van der Waals surface area contributed by atoms with Crippen molar-refractivity contribution in [2.24, 2.45) is 4.99 Å². The molecule has 0 aromatic heterocycles. The zero-order valence-electron chi connectivity index (χ0n) is 4.79. The second kappa shape index (κ2) is 1.95. The molecule has 2 N–H and O–H groups in total. The average molecular weight is 141 g/mol. The molecule has 1 fully saturated rings. The molecule has 0 bridgehead atoms. The fourth-order valence-electron chi connectivity index (χ4n) is 0.870. The summed E-state index contributed by atoms with van der Waals surface area (Å²) < 4.78 is 0. The van der Waals surface area contributed by atoms with Gasteiger partial charge in [-0.1, -0.05) is 0 Å². The van der Waals surface area contributed by atoms with Crippen molar-refractivity contribution in [1.82, 2.24) is 10.6 Å². The van der Waals surface area contributed by atoms with Crippen molar-refractivity contribution >= 4 is 18.1 Å². The van der Waals surface area contributed by atoms with Crippen molar-refractivity contribution in [1.29, 1.82) is 0 Å². The first-order chi connectivity index (χ1) is 4.47. The first-order valence-corrected chi connectivity index (χ1v) is 3.85. The monoisotopic (exact) mass is 141 g/mol. The maximum Gasteiger partial charge on any atom is 0.117 e. The van der Waals surface area contributed by atoms with E-state index in [4.69, 9.17) is 0 Å².